The van der Waals surface area contributed by atoms with Crippen molar-refractivity contribution in [2.45, 2.75) is 32.1 Å². The van der Waals surface area contributed by atoms with E-state index in [0.717, 1.165) is 25.9 Å². The second-order valence-corrected chi connectivity index (χ2v) is 5.93. The van der Waals surface area contributed by atoms with Crippen molar-refractivity contribution in [2.24, 2.45) is 5.73 Å². The van der Waals surface area contributed by atoms with Gasteiger partial charge in [0.2, 0.25) is 11.8 Å². The lowest BCUT2D eigenvalue weighted by Crippen LogP contribution is -2.35. The minimum Gasteiger partial charge on any atom is -0.366 e. The summed E-state index contributed by atoms with van der Waals surface area (Å²) in [6, 6.07) is 1.57. The molecule has 7 heteroatoms. The fourth-order valence-corrected chi connectivity index (χ4v) is 3.12. The van der Waals surface area contributed by atoms with Gasteiger partial charge in [0.25, 0.3) is 5.91 Å². The number of amides is 3. The number of anilines is 1. The lowest BCUT2D eigenvalue weighted by Gasteiger charge is -2.26. The van der Waals surface area contributed by atoms with E-state index in [1.165, 1.54) is 17.8 Å². The molecule has 114 valence electrons. The van der Waals surface area contributed by atoms with Crippen LogP contribution in [0.15, 0.2) is 11.4 Å². The van der Waals surface area contributed by atoms with E-state index in [1.54, 1.807) is 11.4 Å². The molecule has 1 aromatic heterocycles. The zero-order chi connectivity index (χ0) is 15.2. The number of hydrogen-bond donors (Lipinski definition) is 2. The highest BCUT2D eigenvalue weighted by molar-refractivity contribution is 7.14. The molecule has 0 aliphatic carbocycles. The molecule has 0 radical (unpaired) electrons. The molecule has 0 atom stereocenters. The molecule has 1 aliphatic rings. The molecule has 1 fully saturated rings. The van der Waals surface area contributed by atoms with Crippen LogP contribution in [-0.4, -0.2) is 35.7 Å². The Balaban J connectivity index is 1.80. The third-order valence-corrected chi connectivity index (χ3v) is 4.29. The fraction of sp³-hybridized carbons (Fsp3) is 0.500. The van der Waals surface area contributed by atoms with E-state index in [0.29, 0.717) is 10.6 Å². The molecular weight excluding hydrogens is 290 g/mol. The summed E-state index contributed by atoms with van der Waals surface area (Å²) in [5.74, 6) is -0.826. The molecule has 21 heavy (non-hydrogen) atoms. The maximum atomic E-state index is 12.0. The SMILES string of the molecule is NC(=O)c1ccsc1NC(=O)CCC(=O)N1CCCCC1. The van der Waals surface area contributed by atoms with Gasteiger partial charge in [-0.2, -0.15) is 0 Å². The van der Waals surface area contributed by atoms with Crippen molar-refractivity contribution < 1.29 is 14.4 Å². The number of piperidine rings is 1. The van der Waals surface area contributed by atoms with Crippen molar-refractivity contribution in [3.8, 4) is 0 Å². The number of rotatable bonds is 5. The maximum absolute atomic E-state index is 12.0. The Morgan fingerprint density at radius 3 is 2.57 bits per heavy atom. The second kappa shape index (κ2) is 7.21. The van der Waals surface area contributed by atoms with Crippen LogP contribution in [0, 0.1) is 0 Å². The summed E-state index contributed by atoms with van der Waals surface area (Å²) in [5, 5.41) is 4.77. The number of nitrogens with one attached hydrogen (secondary N) is 1. The molecule has 1 saturated heterocycles. The van der Waals surface area contributed by atoms with E-state index in [9.17, 15) is 14.4 Å². The quantitative estimate of drug-likeness (QED) is 0.865. The average molecular weight is 309 g/mol. The monoisotopic (exact) mass is 309 g/mol. The Morgan fingerprint density at radius 1 is 1.19 bits per heavy atom. The van der Waals surface area contributed by atoms with E-state index in [2.05, 4.69) is 5.32 Å². The Kier molecular flexibility index (Phi) is 5.32. The van der Waals surface area contributed by atoms with Crippen LogP contribution in [0.5, 0.6) is 0 Å². The number of nitrogens with zero attached hydrogens (tertiary/aromatic N) is 1. The van der Waals surface area contributed by atoms with Gasteiger partial charge in [-0.25, -0.2) is 0 Å². The lowest BCUT2D eigenvalue weighted by molar-refractivity contribution is -0.133. The van der Waals surface area contributed by atoms with Gasteiger partial charge in [-0.15, -0.1) is 11.3 Å². The molecule has 1 aromatic rings. The summed E-state index contributed by atoms with van der Waals surface area (Å²) in [6.45, 7) is 1.58. The highest BCUT2D eigenvalue weighted by atomic mass is 32.1. The first-order chi connectivity index (χ1) is 10.1. The summed E-state index contributed by atoms with van der Waals surface area (Å²) in [4.78, 5) is 36.8. The van der Waals surface area contributed by atoms with Gasteiger partial charge in [-0.3, -0.25) is 14.4 Å². The zero-order valence-corrected chi connectivity index (χ0v) is 12.6. The summed E-state index contributed by atoms with van der Waals surface area (Å²) in [7, 11) is 0. The lowest BCUT2D eigenvalue weighted by atomic mass is 10.1. The third-order valence-electron chi connectivity index (χ3n) is 3.46. The molecule has 1 aliphatic heterocycles. The highest BCUT2D eigenvalue weighted by Gasteiger charge is 2.18. The zero-order valence-electron chi connectivity index (χ0n) is 11.8. The van der Waals surface area contributed by atoms with E-state index in [-0.39, 0.29) is 24.7 Å². The second-order valence-electron chi connectivity index (χ2n) is 5.02. The maximum Gasteiger partial charge on any atom is 0.251 e. The first kappa shape index (κ1) is 15.5. The number of carbonyl (C=O) groups excluding carboxylic acids is 3. The molecule has 0 unspecified atom stereocenters. The molecule has 3 amide bonds. The van der Waals surface area contributed by atoms with Crippen LogP contribution in [-0.2, 0) is 9.59 Å². The summed E-state index contributed by atoms with van der Waals surface area (Å²) < 4.78 is 0. The minimum atomic E-state index is -0.573. The van der Waals surface area contributed by atoms with Crippen molar-refractivity contribution in [1.82, 2.24) is 4.90 Å². The molecule has 2 heterocycles. The molecular formula is C14H19N3O3S. The van der Waals surface area contributed by atoms with Gasteiger partial charge in [0.1, 0.15) is 5.00 Å². The predicted molar refractivity (Wildman–Crippen MR) is 81.1 cm³/mol. The number of likely N-dealkylation sites (tertiary alicyclic amines) is 1. The van der Waals surface area contributed by atoms with Crippen molar-refractivity contribution in [3.05, 3.63) is 17.0 Å². The van der Waals surface area contributed by atoms with Crippen molar-refractivity contribution in [3.63, 3.8) is 0 Å². The van der Waals surface area contributed by atoms with Gasteiger partial charge in [0.05, 0.1) is 5.56 Å². The van der Waals surface area contributed by atoms with Gasteiger partial charge in [-0.05, 0) is 30.7 Å². The van der Waals surface area contributed by atoms with Gasteiger partial charge in [0.15, 0.2) is 0 Å². The number of carbonyl (C=O) groups is 3. The average Bonchev–Trinajstić information content (AvgIpc) is 2.94. The Morgan fingerprint density at radius 2 is 1.90 bits per heavy atom. The van der Waals surface area contributed by atoms with Crippen molar-refractivity contribution in [2.75, 3.05) is 18.4 Å². The van der Waals surface area contributed by atoms with Crippen LogP contribution < -0.4 is 11.1 Å². The molecule has 0 aromatic carbocycles. The van der Waals surface area contributed by atoms with Crippen molar-refractivity contribution >= 4 is 34.1 Å². The van der Waals surface area contributed by atoms with Gasteiger partial charge >= 0.3 is 0 Å². The largest absolute Gasteiger partial charge is 0.366 e. The normalized spacial score (nSPS) is 14.8. The Bertz CT molecular complexity index is 535. The highest BCUT2D eigenvalue weighted by Crippen LogP contribution is 2.23. The van der Waals surface area contributed by atoms with Gasteiger partial charge in [0, 0.05) is 25.9 Å². The first-order valence-corrected chi connectivity index (χ1v) is 7.91. The molecule has 0 bridgehead atoms. The predicted octanol–water partition coefficient (Wildman–Crippen LogP) is 1.58. The number of primary amides is 1. The van der Waals surface area contributed by atoms with Gasteiger partial charge in [-0.1, -0.05) is 0 Å². The molecule has 6 nitrogen and oxygen atoms in total. The fourth-order valence-electron chi connectivity index (χ4n) is 2.31. The van der Waals surface area contributed by atoms with Crippen molar-refractivity contribution in [1.29, 1.82) is 0 Å². The third kappa shape index (κ3) is 4.29. The molecule has 3 N–H and O–H groups in total. The summed E-state index contributed by atoms with van der Waals surface area (Å²) >= 11 is 1.24. The number of thiophene rings is 1. The molecule has 0 spiro atoms. The van der Waals surface area contributed by atoms with Crippen LogP contribution >= 0.6 is 11.3 Å². The number of hydrogen-bond acceptors (Lipinski definition) is 4. The Labute approximate surface area is 127 Å². The van der Waals surface area contributed by atoms with Crippen LogP contribution in [0.3, 0.4) is 0 Å². The van der Waals surface area contributed by atoms with E-state index >= 15 is 0 Å². The van der Waals surface area contributed by atoms with Gasteiger partial charge < -0.3 is 16.0 Å². The molecule has 2 rings (SSSR count). The summed E-state index contributed by atoms with van der Waals surface area (Å²) in [6.07, 6.45) is 3.55. The summed E-state index contributed by atoms with van der Waals surface area (Å²) in [5.41, 5.74) is 5.51. The van der Waals surface area contributed by atoms with E-state index in [4.69, 9.17) is 5.73 Å². The first-order valence-electron chi connectivity index (χ1n) is 7.03. The topological polar surface area (TPSA) is 92.5 Å². The minimum absolute atomic E-state index is 0.0196. The number of nitrogens with two attached hydrogens (primary N) is 1. The van der Waals surface area contributed by atoms with Crippen LogP contribution in [0.4, 0.5) is 5.00 Å². The van der Waals surface area contributed by atoms with E-state index in [1.807, 2.05) is 4.90 Å². The standard InChI is InChI=1S/C14H19N3O3S/c15-13(20)10-6-9-21-14(10)16-11(18)4-5-12(19)17-7-2-1-3-8-17/h6,9H,1-5,7-8H2,(H2,15,20)(H,16,18). The van der Waals surface area contributed by atoms with Crippen LogP contribution in [0.1, 0.15) is 42.5 Å². The Hall–Kier alpha value is -1.89. The smallest absolute Gasteiger partial charge is 0.251 e. The van der Waals surface area contributed by atoms with E-state index < -0.39 is 5.91 Å². The van der Waals surface area contributed by atoms with Crippen LogP contribution in [0.2, 0.25) is 0 Å². The van der Waals surface area contributed by atoms with Crippen LogP contribution in [0.25, 0.3) is 0 Å². The molecule has 0 saturated carbocycles.